The van der Waals surface area contributed by atoms with E-state index >= 15 is 0 Å². The van der Waals surface area contributed by atoms with Crippen molar-refractivity contribution in [3.63, 3.8) is 0 Å². The standard InChI is InChI=1S/C20H24FN3O4/c1-13-10-14(2)24(22-13)18-6-5-15(11-17(18)21)20(27)23(8-7-19(25)26)12-16-4-3-9-28-16/h5-6,10-11,16H,3-4,7-9,12H2,1-2H3,(H,25,26). The molecule has 0 radical (unpaired) electrons. The third kappa shape index (κ3) is 4.56. The van der Waals surface area contributed by atoms with Gasteiger partial charge in [0, 0.05) is 31.0 Å². The van der Waals surface area contributed by atoms with E-state index in [0.29, 0.717) is 13.2 Å². The largest absolute Gasteiger partial charge is 0.481 e. The molecule has 8 heteroatoms. The van der Waals surface area contributed by atoms with Crippen molar-refractivity contribution in [2.24, 2.45) is 0 Å². The number of aryl methyl sites for hydroxylation is 2. The van der Waals surface area contributed by atoms with Gasteiger partial charge in [0.15, 0.2) is 0 Å². The van der Waals surface area contributed by atoms with Crippen LogP contribution in [0.25, 0.3) is 5.69 Å². The fourth-order valence-corrected chi connectivity index (χ4v) is 3.41. The number of aliphatic carboxylic acids is 1. The molecular weight excluding hydrogens is 365 g/mol. The number of nitrogens with zero attached hydrogens (tertiary/aromatic N) is 3. The van der Waals surface area contributed by atoms with Gasteiger partial charge in [0.05, 0.1) is 18.2 Å². The number of rotatable bonds is 7. The van der Waals surface area contributed by atoms with Crippen molar-refractivity contribution >= 4 is 11.9 Å². The maximum Gasteiger partial charge on any atom is 0.305 e. The number of carboxylic acids is 1. The number of ether oxygens (including phenoxy) is 1. The maximum atomic E-state index is 14.7. The summed E-state index contributed by atoms with van der Waals surface area (Å²) in [6.07, 6.45) is 1.45. The molecular formula is C20H24FN3O4. The maximum absolute atomic E-state index is 14.7. The Morgan fingerprint density at radius 3 is 2.71 bits per heavy atom. The van der Waals surface area contributed by atoms with E-state index in [4.69, 9.17) is 9.84 Å². The summed E-state index contributed by atoms with van der Waals surface area (Å²) in [5, 5.41) is 13.2. The molecule has 1 aromatic heterocycles. The zero-order valence-corrected chi connectivity index (χ0v) is 16.0. The molecule has 2 aromatic rings. The van der Waals surface area contributed by atoms with Crippen molar-refractivity contribution in [3.05, 3.63) is 47.0 Å². The molecule has 1 unspecified atom stereocenters. The van der Waals surface area contributed by atoms with Crippen LogP contribution < -0.4 is 0 Å². The summed E-state index contributed by atoms with van der Waals surface area (Å²) in [4.78, 5) is 25.3. The molecule has 1 atom stereocenters. The number of amides is 1. The number of hydrogen-bond acceptors (Lipinski definition) is 4. The first kappa shape index (κ1) is 20.0. The molecule has 0 aliphatic carbocycles. The SMILES string of the molecule is Cc1cc(C)n(-c2ccc(C(=O)N(CCC(=O)O)CC3CCCO3)cc2F)n1. The van der Waals surface area contributed by atoms with Gasteiger partial charge in [-0.3, -0.25) is 9.59 Å². The molecule has 3 rings (SSSR count). The minimum Gasteiger partial charge on any atom is -0.481 e. The minimum absolute atomic E-state index is 0.0505. The Hall–Kier alpha value is -2.74. The van der Waals surface area contributed by atoms with Crippen molar-refractivity contribution in [2.45, 2.75) is 39.2 Å². The molecule has 0 saturated carbocycles. The predicted octanol–water partition coefficient (Wildman–Crippen LogP) is 2.72. The second kappa shape index (κ2) is 8.52. The van der Waals surface area contributed by atoms with Crippen molar-refractivity contribution < 1.29 is 23.8 Å². The average molecular weight is 389 g/mol. The molecule has 1 saturated heterocycles. The molecule has 0 spiro atoms. The molecule has 1 aliphatic rings. The van der Waals surface area contributed by atoms with E-state index in [2.05, 4.69) is 5.10 Å². The summed E-state index contributed by atoms with van der Waals surface area (Å²) < 4.78 is 21.8. The van der Waals surface area contributed by atoms with E-state index in [1.54, 1.807) is 6.07 Å². The molecule has 28 heavy (non-hydrogen) atoms. The Kier molecular flexibility index (Phi) is 6.08. The van der Waals surface area contributed by atoms with Crippen LogP contribution in [-0.2, 0) is 9.53 Å². The summed E-state index contributed by atoms with van der Waals surface area (Å²) in [6.45, 7) is 4.64. The normalized spacial score (nSPS) is 16.3. The zero-order chi connectivity index (χ0) is 20.3. The predicted molar refractivity (Wildman–Crippen MR) is 100 cm³/mol. The molecule has 7 nitrogen and oxygen atoms in total. The highest BCUT2D eigenvalue weighted by Gasteiger charge is 2.24. The van der Waals surface area contributed by atoms with Crippen LogP contribution in [0.3, 0.4) is 0 Å². The fourth-order valence-electron chi connectivity index (χ4n) is 3.41. The van der Waals surface area contributed by atoms with Crippen LogP contribution in [0.1, 0.15) is 41.0 Å². The van der Waals surface area contributed by atoms with Gasteiger partial charge in [-0.15, -0.1) is 0 Å². The average Bonchev–Trinajstić information content (AvgIpc) is 3.27. The van der Waals surface area contributed by atoms with Crippen LogP contribution in [0.4, 0.5) is 4.39 Å². The number of carbonyl (C=O) groups excluding carboxylic acids is 1. The first-order valence-corrected chi connectivity index (χ1v) is 9.31. The molecule has 1 fully saturated rings. The lowest BCUT2D eigenvalue weighted by molar-refractivity contribution is -0.137. The molecule has 1 N–H and O–H groups in total. The van der Waals surface area contributed by atoms with E-state index in [1.807, 2.05) is 19.9 Å². The first-order chi connectivity index (χ1) is 13.3. The molecule has 1 aliphatic heterocycles. The first-order valence-electron chi connectivity index (χ1n) is 9.31. The van der Waals surface area contributed by atoms with Gasteiger partial charge in [0.25, 0.3) is 5.91 Å². The Labute approximate surface area is 162 Å². The zero-order valence-electron chi connectivity index (χ0n) is 16.0. The quantitative estimate of drug-likeness (QED) is 0.787. The number of benzene rings is 1. The van der Waals surface area contributed by atoms with Gasteiger partial charge >= 0.3 is 5.97 Å². The van der Waals surface area contributed by atoms with Gasteiger partial charge < -0.3 is 14.7 Å². The molecule has 1 amide bonds. The second-order valence-electron chi connectivity index (χ2n) is 7.04. The van der Waals surface area contributed by atoms with E-state index < -0.39 is 17.7 Å². The Balaban J connectivity index is 1.82. The Bertz CT molecular complexity index is 874. The number of aromatic nitrogens is 2. The van der Waals surface area contributed by atoms with Gasteiger partial charge in [0.1, 0.15) is 11.5 Å². The minimum atomic E-state index is -0.990. The summed E-state index contributed by atoms with van der Waals surface area (Å²) >= 11 is 0. The highest BCUT2D eigenvalue weighted by atomic mass is 19.1. The number of carbonyl (C=O) groups is 2. The summed E-state index contributed by atoms with van der Waals surface area (Å²) in [7, 11) is 0. The molecule has 2 heterocycles. The van der Waals surface area contributed by atoms with Crippen LogP contribution in [0, 0.1) is 19.7 Å². The van der Waals surface area contributed by atoms with E-state index in [0.717, 1.165) is 24.2 Å². The lowest BCUT2D eigenvalue weighted by atomic mass is 10.1. The summed E-state index contributed by atoms with van der Waals surface area (Å²) in [6, 6.07) is 6.08. The third-order valence-corrected chi connectivity index (χ3v) is 4.76. The Morgan fingerprint density at radius 1 is 1.36 bits per heavy atom. The van der Waals surface area contributed by atoms with Crippen LogP contribution in [-0.4, -0.2) is 57.5 Å². The van der Waals surface area contributed by atoms with Crippen LogP contribution >= 0.6 is 0 Å². The fraction of sp³-hybridized carbons (Fsp3) is 0.450. The van der Waals surface area contributed by atoms with Gasteiger partial charge in [-0.2, -0.15) is 5.10 Å². The Morgan fingerprint density at radius 2 is 2.14 bits per heavy atom. The number of hydrogen-bond donors (Lipinski definition) is 1. The van der Waals surface area contributed by atoms with Crippen molar-refractivity contribution in [3.8, 4) is 5.69 Å². The highest BCUT2D eigenvalue weighted by Crippen LogP contribution is 2.20. The van der Waals surface area contributed by atoms with Crippen LogP contribution in [0.15, 0.2) is 24.3 Å². The number of carboxylic acid groups (broad SMARTS) is 1. The number of halogens is 1. The molecule has 0 bridgehead atoms. The van der Waals surface area contributed by atoms with Crippen molar-refractivity contribution in [2.75, 3.05) is 19.7 Å². The highest BCUT2D eigenvalue weighted by molar-refractivity contribution is 5.94. The second-order valence-corrected chi connectivity index (χ2v) is 7.04. The van der Waals surface area contributed by atoms with Gasteiger partial charge in [0.2, 0.25) is 0 Å². The molecule has 1 aromatic carbocycles. The molecule has 150 valence electrons. The van der Waals surface area contributed by atoms with E-state index in [9.17, 15) is 14.0 Å². The van der Waals surface area contributed by atoms with Crippen molar-refractivity contribution in [1.29, 1.82) is 0 Å². The summed E-state index contributed by atoms with van der Waals surface area (Å²) in [5.41, 5.74) is 2.00. The van der Waals surface area contributed by atoms with E-state index in [-0.39, 0.29) is 30.3 Å². The van der Waals surface area contributed by atoms with Crippen molar-refractivity contribution in [1.82, 2.24) is 14.7 Å². The lowest BCUT2D eigenvalue weighted by Crippen LogP contribution is -2.38. The third-order valence-electron chi connectivity index (χ3n) is 4.76. The lowest BCUT2D eigenvalue weighted by Gasteiger charge is -2.25. The monoisotopic (exact) mass is 389 g/mol. The van der Waals surface area contributed by atoms with Gasteiger partial charge in [-0.1, -0.05) is 0 Å². The summed E-state index contributed by atoms with van der Waals surface area (Å²) in [5.74, 6) is -1.96. The van der Waals surface area contributed by atoms with Gasteiger partial charge in [-0.05, 0) is 51.0 Å². The van der Waals surface area contributed by atoms with E-state index in [1.165, 1.54) is 21.7 Å². The topological polar surface area (TPSA) is 84.7 Å². The van der Waals surface area contributed by atoms with Crippen LogP contribution in [0.5, 0.6) is 0 Å². The smallest absolute Gasteiger partial charge is 0.305 e. The van der Waals surface area contributed by atoms with Crippen LogP contribution in [0.2, 0.25) is 0 Å². The van der Waals surface area contributed by atoms with Gasteiger partial charge in [-0.25, -0.2) is 9.07 Å².